The van der Waals surface area contributed by atoms with Crippen LogP contribution in [0.15, 0.2) is 30.3 Å². The maximum absolute atomic E-state index is 5.56. The van der Waals surface area contributed by atoms with Crippen LogP contribution in [0, 0.1) is 0 Å². The molecule has 0 saturated carbocycles. The molecule has 0 bridgehead atoms. The second-order valence-corrected chi connectivity index (χ2v) is 3.61. The topological polar surface area (TPSA) is 18.5 Å². The number of hydrogen-bond acceptors (Lipinski definition) is 2. The predicted molar refractivity (Wildman–Crippen MR) is 60.8 cm³/mol. The summed E-state index contributed by atoms with van der Waals surface area (Å²) in [6.45, 7) is 1.36. The van der Waals surface area contributed by atoms with Crippen LogP contribution >= 0.6 is 11.6 Å². The van der Waals surface area contributed by atoms with Gasteiger partial charge in [-0.3, -0.25) is 0 Å². The molecule has 0 atom stereocenters. The summed E-state index contributed by atoms with van der Waals surface area (Å²) in [6.07, 6.45) is 3.72. The van der Waals surface area contributed by atoms with Gasteiger partial charge in [-0.15, -0.1) is 11.6 Å². The van der Waals surface area contributed by atoms with Gasteiger partial charge in [-0.05, 0) is 5.56 Å². The van der Waals surface area contributed by atoms with Gasteiger partial charge in [0, 0.05) is 11.4 Å². The van der Waals surface area contributed by atoms with Crippen LogP contribution in [-0.2, 0) is 9.47 Å². The molecule has 1 heterocycles. The van der Waals surface area contributed by atoms with Gasteiger partial charge in [0.2, 0.25) is 0 Å². The van der Waals surface area contributed by atoms with E-state index in [9.17, 15) is 0 Å². The Morgan fingerprint density at radius 2 is 1.87 bits per heavy atom. The van der Waals surface area contributed by atoms with Gasteiger partial charge < -0.3 is 9.47 Å². The zero-order valence-corrected chi connectivity index (χ0v) is 9.11. The fourth-order valence-corrected chi connectivity index (χ4v) is 1.58. The molecular weight excluding hydrogens is 212 g/mol. The minimum Gasteiger partial charge on any atom is -0.346 e. The van der Waals surface area contributed by atoms with Gasteiger partial charge in [0.25, 0.3) is 0 Å². The number of benzene rings is 1. The molecule has 1 aliphatic heterocycles. The highest BCUT2D eigenvalue weighted by Crippen LogP contribution is 2.23. The Labute approximate surface area is 94.5 Å². The Morgan fingerprint density at radius 1 is 1.20 bits per heavy atom. The molecule has 0 radical (unpaired) electrons. The summed E-state index contributed by atoms with van der Waals surface area (Å²) in [6, 6.07) is 8.10. The molecule has 3 heteroatoms. The minimum atomic E-state index is -0.184. The molecule has 80 valence electrons. The normalized spacial score (nSPS) is 17.7. The third kappa shape index (κ3) is 2.81. The monoisotopic (exact) mass is 224 g/mol. The van der Waals surface area contributed by atoms with Gasteiger partial charge in [0.15, 0.2) is 6.29 Å². The molecule has 0 N–H and O–H groups in total. The van der Waals surface area contributed by atoms with E-state index in [1.165, 1.54) is 0 Å². The second-order valence-electron chi connectivity index (χ2n) is 3.30. The van der Waals surface area contributed by atoms with Gasteiger partial charge >= 0.3 is 0 Å². The first-order valence-electron chi connectivity index (χ1n) is 4.96. The summed E-state index contributed by atoms with van der Waals surface area (Å²) in [7, 11) is 0. The van der Waals surface area contributed by atoms with Crippen molar-refractivity contribution in [2.24, 2.45) is 0 Å². The molecule has 2 rings (SSSR count). The zero-order valence-electron chi connectivity index (χ0n) is 8.36. The van der Waals surface area contributed by atoms with Crippen molar-refractivity contribution in [1.29, 1.82) is 0 Å². The molecule has 1 fully saturated rings. The summed E-state index contributed by atoms with van der Waals surface area (Å²) in [5.74, 6) is 0.538. The van der Waals surface area contributed by atoms with Crippen LogP contribution in [0.4, 0.5) is 0 Å². The van der Waals surface area contributed by atoms with E-state index < -0.39 is 0 Å². The SMILES string of the molecule is ClCC=Cc1ccc(C2OCCO2)cc1. The number of rotatable bonds is 3. The van der Waals surface area contributed by atoms with Crippen molar-refractivity contribution in [3.05, 3.63) is 41.5 Å². The van der Waals surface area contributed by atoms with Crippen molar-refractivity contribution >= 4 is 17.7 Å². The van der Waals surface area contributed by atoms with Crippen molar-refractivity contribution in [2.45, 2.75) is 6.29 Å². The van der Waals surface area contributed by atoms with E-state index >= 15 is 0 Å². The van der Waals surface area contributed by atoms with Crippen molar-refractivity contribution < 1.29 is 9.47 Å². The molecular formula is C12H13ClO2. The van der Waals surface area contributed by atoms with Gasteiger partial charge in [-0.1, -0.05) is 36.4 Å². The summed E-state index contributed by atoms with van der Waals surface area (Å²) >= 11 is 5.56. The maximum atomic E-state index is 5.56. The Hall–Kier alpha value is -0.830. The minimum absolute atomic E-state index is 0.184. The highest BCUT2D eigenvalue weighted by molar-refractivity contribution is 6.19. The first-order valence-corrected chi connectivity index (χ1v) is 5.49. The molecule has 15 heavy (non-hydrogen) atoms. The molecule has 0 aromatic heterocycles. The van der Waals surface area contributed by atoms with E-state index in [0.29, 0.717) is 19.1 Å². The number of allylic oxidation sites excluding steroid dienone is 1. The fraction of sp³-hybridized carbons (Fsp3) is 0.333. The van der Waals surface area contributed by atoms with Crippen molar-refractivity contribution in [2.75, 3.05) is 19.1 Å². The molecule has 0 spiro atoms. The van der Waals surface area contributed by atoms with Crippen LogP contribution in [0.2, 0.25) is 0 Å². The molecule has 0 unspecified atom stereocenters. The number of ether oxygens (including phenoxy) is 2. The fourth-order valence-electron chi connectivity index (χ4n) is 1.50. The molecule has 2 nitrogen and oxygen atoms in total. The highest BCUT2D eigenvalue weighted by atomic mass is 35.5. The van der Waals surface area contributed by atoms with E-state index in [2.05, 4.69) is 0 Å². The van der Waals surface area contributed by atoms with E-state index in [-0.39, 0.29) is 6.29 Å². The van der Waals surface area contributed by atoms with Crippen LogP contribution < -0.4 is 0 Å². The Kier molecular flexibility index (Phi) is 3.78. The first-order chi connectivity index (χ1) is 7.40. The molecule has 1 saturated heterocycles. The number of halogens is 1. The molecule has 1 aromatic rings. The predicted octanol–water partition coefficient (Wildman–Crippen LogP) is 2.98. The second kappa shape index (κ2) is 5.31. The van der Waals surface area contributed by atoms with Crippen LogP contribution in [0.3, 0.4) is 0 Å². The summed E-state index contributed by atoms with van der Waals surface area (Å²) in [5, 5.41) is 0. The van der Waals surface area contributed by atoms with E-state index in [1.54, 1.807) is 0 Å². The van der Waals surface area contributed by atoms with Gasteiger partial charge in [0.05, 0.1) is 13.2 Å². The average Bonchev–Trinajstić information content (AvgIpc) is 2.80. The largest absolute Gasteiger partial charge is 0.346 e. The lowest BCUT2D eigenvalue weighted by Gasteiger charge is -2.08. The van der Waals surface area contributed by atoms with E-state index in [1.807, 2.05) is 36.4 Å². The van der Waals surface area contributed by atoms with Gasteiger partial charge in [-0.25, -0.2) is 0 Å². The third-order valence-electron chi connectivity index (χ3n) is 2.23. The number of hydrogen-bond donors (Lipinski definition) is 0. The smallest absolute Gasteiger partial charge is 0.184 e. The highest BCUT2D eigenvalue weighted by Gasteiger charge is 2.17. The van der Waals surface area contributed by atoms with Gasteiger partial charge in [0.1, 0.15) is 0 Å². The standard InChI is InChI=1S/C12H13ClO2/c13-7-1-2-10-3-5-11(6-4-10)12-14-8-9-15-12/h1-6,12H,7-9H2. The van der Waals surface area contributed by atoms with Crippen molar-refractivity contribution in [3.8, 4) is 0 Å². The Morgan fingerprint density at radius 3 is 2.47 bits per heavy atom. The number of alkyl halides is 1. The van der Waals surface area contributed by atoms with E-state index in [0.717, 1.165) is 11.1 Å². The summed E-state index contributed by atoms with van der Waals surface area (Å²) < 4.78 is 10.8. The third-order valence-corrected chi connectivity index (χ3v) is 2.41. The molecule has 1 aliphatic rings. The molecule has 0 amide bonds. The summed E-state index contributed by atoms with van der Waals surface area (Å²) in [5.41, 5.74) is 2.20. The summed E-state index contributed by atoms with van der Waals surface area (Å²) in [4.78, 5) is 0. The molecule has 1 aromatic carbocycles. The average molecular weight is 225 g/mol. The Bertz CT molecular complexity index is 326. The molecule has 0 aliphatic carbocycles. The van der Waals surface area contributed by atoms with Crippen LogP contribution in [0.25, 0.3) is 6.08 Å². The van der Waals surface area contributed by atoms with Crippen molar-refractivity contribution in [1.82, 2.24) is 0 Å². The Balaban J connectivity index is 2.06. The zero-order chi connectivity index (χ0) is 10.5. The van der Waals surface area contributed by atoms with Crippen LogP contribution in [0.5, 0.6) is 0 Å². The van der Waals surface area contributed by atoms with E-state index in [4.69, 9.17) is 21.1 Å². The lowest BCUT2D eigenvalue weighted by Crippen LogP contribution is -1.97. The van der Waals surface area contributed by atoms with Crippen LogP contribution in [0.1, 0.15) is 17.4 Å². The first kappa shape index (κ1) is 10.7. The maximum Gasteiger partial charge on any atom is 0.184 e. The quantitative estimate of drug-likeness (QED) is 0.735. The lowest BCUT2D eigenvalue weighted by atomic mass is 10.1. The lowest BCUT2D eigenvalue weighted by molar-refractivity contribution is -0.0441. The van der Waals surface area contributed by atoms with Gasteiger partial charge in [-0.2, -0.15) is 0 Å². The van der Waals surface area contributed by atoms with Crippen molar-refractivity contribution in [3.63, 3.8) is 0 Å². The van der Waals surface area contributed by atoms with Crippen LogP contribution in [-0.4, -0.2) is 19.1 Å².